The molecule has 0 unspecified atom stereocenters. The van der Waals surface area contributed by atoms with Crippen molar-refractivity contribution < 1.29 is 14.3 Å². The van der Waals surface area contributed by atoms with E-state index in [1.165, 1.54) is 7.11 Å². The molecular formula is C20H16N4O3. The summed E-state index contributed by atoms with van der Waals surface area (Å²) in [6, 6.07) is 16.5. The zero-order valence-corrected chi connectivity index (χ0v) is 14.5. The Kier molecular flexibility index (Phi) is 4.99. The van der Waals surface area contributed by atoms with Crippen LogP contribution in [0.4, 0.5) is 0 Å². The highest BCUT2D eigenvalue weighted by Crippen LogP contribution is 2.34. The fraction of sp³-hybridized carbons (Fsp3) is 0.100. The molecule has 1 heterocycles. The molecule has 7 heteroatoms. The maximum Gasteiger partial charge on any atom is 0.271 e. The number of carbonyl (C=O) groups excluding carboxylic acids is 2. The summed E-state index contributed by atoms with van der Waals surface area (Å²) < 4.78 is 5.30. The number of primary amides is 1. The number of pyridine rings is 1. The molecule has 3 N–H and O–H groups in total. The zero-order chi connectivity index (χ0) is 19.4. The topological polar surface area (TPSA) is 118 Å². The molecule has 0 bridgehead atoms. The van der Waals surface area contributed by atoms with Crippen LogP contribution < -0.4 is 15.8 Å². The van der Waals surface area contributed by atoms with Crippen LogP contribution >= 0.6 is 0 Å². The van der Waals surface area contributed by atoms with Gasteiger partial charge in [-0.25, -0.2) is 4.98 Å². The van der Waals surface area contributed by atoms with Gasteiger partial charge in [-0.15, -0.1) is 0 Å². The number of fused-ring (bicyclic) bond motifs is 1. The van der Waals surface area contributed by atoms with Gasteiger partial charge in [-0.2, -0.15) is 5.26 Å². The molecule has 27 heavy (non-hydrogen) atoms. The number of nitrogens with zero attached hydrogens (tertiary/aromatic N) is 2. The molecule has 1 aromatic heterocycles. The Bertz CT molecular complexity index is 1070. The van der Waals surface area contributed by atoms with E-state index >= 15 is 0 Å². The minimum Gasteiger partial charge on any atom is -0.497 e. The molecular weight excluding hydrogens is 344 g/mol. The van der Waals surface area contributed by atoms with Crippen LogP contribution in [0, 0.1) is 11.3 Å². The maximum atomic E-state index is 12.5. The van der Waals surface area contributed by atoms with Gasteiger partial charge in [0.15, 0.2) is 0 Å². The van der Waals surface area contributed by atoms with Gasteiger partial charge in [-0.05, 0) is 29.1 Å². The molecule has 134 valence electrons. The Balaban J connectivity index is 2.30. The van der Waals surface area contributed by atoms with Crippen LogP contribution in [0.5, 0.6) is 5.75 Å². The third-order valence-electron chi connectivity index (χ3n) is 4.02. The summed E-state index contributed by atoms with van der Waals surface area (Å²) in [7, 11) is 1.54. The molecule has 0 aliphatic heterocycles. The molecule has 0 radical (unpaired) electrons. The number of aromatic nitrogens is 1. The first kappa shape index (κ1) is 17.9. The lowest BCUT2D eigenvalue weighted by atomic mass is 9.95. The molecule has 0 saturated carbocycles. The highest BCUT2D eigenvalue weighted by atomic mass is 16.5. The highest BCUT2D eigenvalue weighted by Gasteiger charge is 2.20. The smallest absolute Gasteiger partial charge is 0.271 e. The van der Waals surface area contributed by atoms with Crippen molar-refractivity contribution in [3.8, 4) is 22.9 Å². The Hall–Kier alpha value is -3.92. The number of nitrogens with one attached hydrogen (secondary N) is 1. The number of methoxy groups -OCH3 is 1. The van der Waals surface area contributed by atoms with Crippen molar-refractivity contribution in [2.75, 3.05) is 13.7 Å². The lowest BCUT2D eigenvalue weighted by Crippen LogP contribution is -2.34. The minimum atomic E-state index is -0.671. The monoisotopic (exact) mass is 360 g/mol. The number of nitrogens with two attached hydrogens (primary N) is 1. The van der Waals surface area contributed by atoms with Crippen molar-refractivity contribution in [3.05, 3.63) is 59.9 Å². The number of amides is 2. The van der Waals surface area contributed by atoms with Crippen molar-refractivity contribution in [1.29, 1.82) is 5.26 Å². The number of benzene rings is 2. The van der Waals surface area contributed by atoms with E-state index < -0.39 is 11.8 Å². The second-order valence-corrected chi connectivity index (χ2v) is 5.72. The van der Waals surface area contributed by atoms with E-state index in [-0.39, 0.29) is 17.9 Å². The lowest BCUT2D eigenvalue weighted by Gasteiger charge is -2.14. The van der Waals surface area contributed by atoms with Crippen LogP contribution in [0.2, 0.25) is 0 Å². The molecule has 0 fully saturated rings. The number of rotatable bonds is 5. The van der Waals surface area contributed by atoms with Gasteiger partial charge in [0.05, 0.1) is 13.7 Å². The average Bonchev–Trinajstić information content (AvgIpc) is 2.70. The van der Waals surface area contributed by atoms with Crippen molar-refractivity contribution in [2.45, 2.75) is 0 Å². The van der Waals surface area contributed by atoms with Crippen molar-refractivity contribution >= 4 is 22.6 Å². The fourth-order valence-electron chi connectivity index (χ4n) is 2.82. The van der Waals surface area contributed by atoms with E-state index in [0.29, 0.717) is 22.1 Å². The summed E-state index contributed by atoms with van der Waals surface area (Å²) in [5, 5.41) is 13.2. The predicted octanol–water partition coefficient (Wildman–Crippen LogP) is 2.00. The lowest BCUT2D eigenvalue weighted by molar-refractivity contribution is -0.117. The van der Waals surface area contributed by atoms with Crippen LogP contribution in [0.25, 0.3) is 21.9 Å². The summed E-state index contributed by atoms with van der Waals surface area (Å²) in [6.45, 7) is -0.319. The standard InChI is InChI=1S/C20H16N4O3/c1-27-13-7-8-14-15(9-13)18(12-5-3-2-4-6-12)16(10-21)24-19(14)20(26)23-11-17(22)25/h2-9H,11H2,1H3,(H2,22,25)(H,23,26). The van der Waals surface area contributed by atoms with Gasteiger partial charge in [-0.1, -0.05) is 30.3 Å². The molecule has 0 aliphatic carbocycles. The van der Waals surface area contributed by atoms with Crippen LogP contribution in [0.15, 0.2) is 48.5 Å². The third-order valence-corrected chi connectivity index (χ3v) is 4.02. The fourth-order valence-corrected chi connectivity index (χ4v) is 2.82. The van der Waals surface area contributed by atoms with E-state index in [9.17, 15) is 14.9 Å². The second-order valence-electron chi connectivity index (χ2n) is 5.72. The van der Waals surface area contributed by atoms with Crippen LogP contribution in [0.1, 0.15) is 16.2 Å². The summed E-state index contributed by atoms with van der Waals surface area (Å²) in [5.41, 5.74) is 6.64. The SMILES string of the molecule is COc1ccc2c(C(=O)NCC(N)=O)nc(C#N)c(-c3ccccc3)c2c1. The Morgan fingerprint density at radius 3 is 2.56 bits per heavy atom. The van der Waals surface area contributed by atoms with Crippen molar-refractivity contribution in [2.24, 2.45) is 5.73 Å². The molecule has 7 nitrogen and oxygen atoms in total. The number of carbonyl (C=O) groups is 2. The maximum absolute atomic E-state index is 12.5. The molecule has 0 saturated heterocycles. The molecule has 3 rings (SSSR count). The van der Waals surface area contributed by atoms with Crippen molar-refractivity contribution in [1.82, 2.24) is 10.3 Å². The van der Waals surface area contributed by atoms with Gasteiger partial charge >= 0.3 is 0 Å². The summed E-state index contributed by atoms with van der Waals surface area (Å²) >= 11 is 0. The normalized spacial score (nSPS) is 10.2. The first-order chi connectivity index (χ1) is 13.0. The van der Waals surface area contributed by atoms with Gasteiger partial charge in [0.2, 0.25) is 5.91 Å². The van der Waals surface area contributed by atoms with E-state index in [2.05, 4.69) is 16.4 Å². The molecule has 0 aliphatic rings. The first-order valence-corrected chi connectivity index (χ1v) is 8.09. The van der Waals surface area contributed by atoms with E-state index in [0.717, 1.165) is 5.56 Å². The highest BCUT2D eigenvalue weighted by molar-refractivity contribution is 6.11. The summed E-state index contributed by atoms with van der Waals surface area (Å²) in [6.07, 6.45) is 0. The Labute approximate surface area is 155 Å². The van der Waals surface area contributed by atoms with Gasteiger partial charge in [0.25, 0.3) is 5.91 Å². The molecule has 2 aromatic carbocycles. The quantitative estimate of drug-likeness (QED) is 0.721. The van der Waals surface area contributed by atoms with Gasteiger partial charge in [-0.3, -0.25) is 9.59 Å². The third kappa shape index (κ3) is 3.55. The molecule has 0 spiro atoms. The van der Waals surface area contributed by atoms with E-state index in [1.807, 2.05) is 30.3 Å². The second kappa shape index (κ2) is 7.54. The molecule has 2 amide bonds. The van der Waals surface area contributed by atoms with Gasteiger partial charge in [0, 0.05) is 10.9 Å². The van der Waals surface area contributed by atoms with Crippen LogP contribution in [-0.2, 0) is 4.79 Å². The number of hydrogen-bond acceptors (Lipinski definition) is 5. The Morgan fingerprint density at radius 1 is 1.19 bits per heavy atom. The zero-order valence-electron chi connectivity index (χ0n) is 14.5. The van der Waals surface area contributed by atoms with Crippen LogP contribution in [0.3, 0.4) is 0 Å². The Morgan fingerprint density at radius 2 is 1.93 bits per heavy atom. The van der Waals surface area contributed by atoms with E-state index in [1.54, 1.807) is 18.2 Å². The number of nitriles is 1. The van der Waals surface area contributed by atoms with Gasteiger partial charge < -0.3 is 15.8 Å². The summed E-state index contributed by atoms with van der Waals surface area (Å²) in [5.74, 6) is -0.672. The number of ether oxygens (including phenoxy) is 1. The minimum absolute atomic E-state index is 0.0464. The summed E-state index contributed by atoms with van der Waals surface area (Å²) in [4.78, 5) is 27.7. The largest absolute Gasteiger partial charge is 0.497 e. The van der Waals surface area contributed by atoms with E-state index in [4.69, 9.17) is 10.5 Å². The van der Waals surface area contributed by atoms with Gasteiger partial charge in [0.1, 0.15) is 23.2 Å². The molecule has 0 atom stereocenters. The van der Waals surface area contributed by atoms with Crippen LogP contribution in [-0.4, -0.2) is 30.5 Å². The first-order valence-electron chi connectivity index (χ1n) is 8.09. The predicted molar refractivity (Wildman–Crippen MR) is 100.0 cm³/mol. The van der Waals surface area contributed by atoms with Crippen molar-refractivity contribution in [3.63, 3.8) is 0 Å². The number of hydrogen-bond donors (Lipinski definition) is 2. The molecule has 3 aromatic rings. The average molecular weight is 360 g/mol.